The van der Waals surface area contributed by atoms with Crippen LogP contribution in [-0.4, -0.2) is 50.6 Å². The van der Waals surface area contributed by atoms with Gasteiger partial charge in [-0.25, -0.2) is 13.8 Å². The van der Waals surface area contributed by atoms with Gasteiger partial charge < -0.3 is 4.74 Å². The zero-order chi connectivity index (χ0) is 23.4. The van der Waals surface area contributed by atoms with Gasteiger partial charge in [0.2, 0.25) is 10.0 Å². The lowest BCUT2D eigenvalue weighted by molar-refractivity contribution is -0.125. The van der Waals surface area contributed by atoms with Crippen molar-refractivity contribution in [2.24, 2.45) is 0 Å². The van der Waals surface area contributed by atoms with Gasteiger partial charge >= 0.3 is 0 Å². The Morgan fingerprint density at radius 3 is 2.52 bits per heavy atom. The van der Waals surface area contributed by atoms with Gasteiger partial charge in [-0.05, 0) is 47.0 Å². The number of benzene rings is 3. The van der Waals surface area contributed by atoms with Crippen molar-refractivity contribution < 1.29 is 17.9 Å². The van der Waals surface area contributed by atoms with Crippen LogP contribution in [0.25, 0.3) is 10.8 Å². The maximum atomic E-state index is 13.6. The van der Waals surface area contributed by atoms with E-state index in [4.69, 9.17) is 4.74 Å². The fourth-order valence-electron chi connectivity index (χ4n) is 4.00. The molecular weight excluding hydrogens is 458 g/mol. The molecule has 33 heavy (non-hydrogen) atoms. The molecule has 1 saturated heterocycles. The van der Waals surface area contributed by atoms with Crippen LogP contribution < -0.4 is 15.6 Å². The van der Waals surface area contributed by atoms with Gasteiger partial charge in [-0.1, -0.05) is 42.5 Å². The summed E-state index contributed by atoms with van der Waals surface area (Å²) < 4.78 is 33.7. The predicted molar refractivity (Wildman–Crippen MR) is 132 cm³/mol. The second kappa shape index (κ2) is 10.1. The van der Waals surface area contributed by atoms with E-state index < -0.39 is 16.1 Å². The van der Waals surface area contributed by atoms with Crippen molar-refractivity contribution in [1.82, 2.24) is 15.2 Å². The van der Waals surface area contributed by atoms with Gasteiger partial charge in [0.25, 0.3) is 5.91 Å². The van der Waals surface area contributed by atoms with E-state index in [1.807, 2.05) is 48.5 Å². The molecule has 2 N–H and O–H groups in total. The van der Waals surface area contributed by atoms with Crippen LogP contribution in [-0.2, 0) is 20.6 Å². The summed E-state index contributed by atoms with van der Waals surface area (Å²) >= 11 is 1.66. The normalized spacial score (nSPS) is 19.0. The molecular formula is C24H27N3O4S2. The van der Waals surface area contributed by atoms with Crippen molar-refractivity contribution in [2.75, 3.05) is 20.7 Å². The summed E-state index contributed by atoms with van der Waals surface area (Å²) in [6, 6.07) is 19.7. The van der Waals surface area contributed by atoms with Gasteiger partial charge in [0.15, 0.2) is 0 Å². The van der Waals surface area contributed by atoms with E-state index in [9.17, 15) is 13.2 Å². The summed E-state index contributed by atoms with van der Waals surface area (Å²) in [5.41, 5.74) is 6.30. The Hall–Kier alpha value is -2.59. The fourth-order valence-corrected chi connectivity index (χ4v) is 6.98. The van der Waals surface area contributed by atoms with Gasteiger partial charge in [0, 0.05) is 24.6 Å². The van der Waals surface area contributed by atoms with Crippen LogP contribution in [0.1, 0.15) is 12.0 Å². The van der Waals surface area contributed by atoms with Gasteiger partial charge in [-0.15, -0.1) is 0 Å². The standard InChI is InChI=1S/C24H27N3O4S2/c1-25-26-24(28)23-14-21(32-16-17-7-10-20(31-2)11-8-17)15-27(23)33(29,30)22-12-9-18-5-3-4-6-19(18)13-22/h3-13,21,23,25H,14-16H2,1-2H3,(H,26,28)/t21-,23+/m1/s1. The number of fused-ring (bicyclic) bond motifs is 1. The second-order valence-corrected chi connectivity index (χ2v) is 11.0. The quantitative estimate of drug-likeness (QED) is 0.477. The molecule has 2 atom stereocenters. The summed E-state index contributed by atoms with van der Waals surface area (Å²) in [6.45, 7) is 0.276. The first-order valence-electron chi connectivity index (χ1n) is 10.6. The minimum absolute atomic E-state index is 0.00469. The Labute approximate surface area is 198 Å². The first-order valence-corrected chi connectivity index (χ1v) is 13.1. The van der Waals surface area contributed by atoms with Crippen molar-refractivity contribution in [1.29, 1.82) is 0 Å². The van der Waals surface area contributed by atoms with Crippen LogP contribution in [0.15, 0.2) is 71.6 Å². The minimum Gasteiger partial charge on any atom is -0.497 e. The molecule has 1 heterocycles. The molecule has 1 fully saturated rings. The number of amides is 1. The zero-order valence-electron chi connectivity index (χ0n) is 18.5. The number of carbonyl (C=O) groups is 1. The molecule has 3 aromatic rings. The molecule has 174 valence electrons. The smallest absolute Gasteiger partial charge is 0.252 e. The Kier molecular flexibility index (Phi) is 7.23. The Morgan fingerprint density at radius 1 is 1.09 bits per heavy atom. The van der Waals surface area contributed by atoms with Crippen molar-refractivity contribution >= 4 is 38.5 Å². The highest BCUT2D eigenvalue weighted by Gasteiger charge is 2.44. The number of nitrogens with one attached hydrogen (secondary N) is 2. The number of sulfonamides is 1. The zero-order valence-corrected chi connectivity index (χ0v) is 20.2. The fraction of sp³-hybridized carbons (Fsp3) is 0.292. The van der Waals surface area contributed by atoms with Crippen molar-refractivity contribution in [2.45, 2.75) is 28.4 Å². The molecule has 0 spiro atoms. The lowest BCUT2D eigenvalue weighted by atomic mass is 10.1. The number of hydrogen-bond acceptors (Lipinski definition) is 6. The Bertz CT molecular complexity index is 1230. The maximum absolute atomic E-state index is 13.6. The number of hydrogen-bond donors (Lipinski definition) is 2. The first kappa shape index (κ1) is 23.6. The van der Waals surface area contributed by atoms with Gasteiger partial charge in [0.05, 0.1) is 12.0 Å². The third-order valence-electron chi connectivity index (χ3n) is 5.74. The number of methoxy groups -OCH3 is 1. The number of ether oxygens (including phenoxy) is 1. The third-order valence-corrected chi connectivity index (χ3v) is 8.92. The number of carbonyl (C=O) groups excluding carboxylic acids is 1. The molecule has 0 bridgehead atoms. The van der Waals surface area contributed by atoms with Crippen LogP contribution in [0, 0.1) is 0 Å². The van der Waals surface area contributed by atoms with Gasteiger partial charge in [-0.3, -0.25) is 10.2 Å². The summed E-state index contributed by atoms with van der Waals surface area (Å²) in [7, 11) is -0.636. The Morgan fingerprint density at radius 2 is 1.82 bits per heavy atom. The summed E-state index contributed by atoms with van der Waals surface area (Å²) in [4.78, 5) is 12.9. The maximum Gasteiger partial charge on any atom is 0.252 e. The van der Waals surface area contributed by atoms with Crippen LogP contribution in [0.3, 0.4) is 0 Å². The molecule has 0 saturated carbocycles. The van der Waals surface area contributed by atoms with Crippen LogP contribution in [0.2, 0.25) is 0 Å². The minimum atomic E-state index is -3.85. The summed E-state index contributed by atoms with van der Waals surface area (Å²) in [6.07, 6.45) is 0.446. The van der Waals surface area contributed by atoms with Gasteiger partial charge in [-0.2, -0.15) is 16.1 Å². The highest BCUT2D eigenvalue weighted by molar-refractivity contribution is 7.99. The van der Waals surface area contributed by atoms with E-state index in [1.165, 1.54) is 4.31 Å². The van der Waals surface area contributed by atoms with E-state index in [0.717, 1.165) is 27.8 Å². The molecule has 0 radical (unpaired) electrons. The van der Waals surface area contributed by atoms with Crippen molar-refractivity contribution in [3.63, 3.8) is 0 Å². The number of nitrogens with zero attached hydrogens (tertiary/aromatic N) is 1. The highest BCUT2D eigenvalue weighted by atomic mass is 32.2. The average Bonchev–Trinajstić information content (AvgIpc) is 3.28. The second-order valence-electron chi connectivity index (χ2n) is 7.86. The first-order chi connectivity index (χ1) is 15.9. The Balaban J connectivity index is 1.56. The molecule has 0 aliphatic carbocycles. The van der Waals surface area contributed by atoms with Crippen LogP contribution in [0.4, 0.5) is 0 Å². The number of rotatable bonds is 8. The summed E-state index contributed by atoms with van der Waals surface area (Å²) in [5, 5.41) is 1.81. The SMILES string of the molecule is CNNC(=O)[C@@H]1C[C@@H](SCc2ccc(OC)cc2)CN1S(=O)(=O)c1ccc2ccccc2c1. The summed E-state index contributed by atoms with van der Waals surface area (Å²) in [5.74, 6) is 1.16. The van der Waals surface area contributed by atoms with E-state index in [-0.39, 0.29) is 22.6 Å². The largest absolute Gasteiger partial charge is 0.497 e. The van der Waals surface area contributed by atoms with E-state index in [2.05, 4.69) is 10.9 Å². The van der Waals surface area contributed by atoms with E-state index in [0.29, 0.717) is 6.42 Å². The highest BCUT2D eigenvalue weighted by Crippen LogP contribution is 2.34. The monoisotopic (exact) mass is 485 g/mol. The molecule has 4 rings (SSSR count). The van der Waals surface area contributed by atoms with E-state index >= 15 is 0 Å². The number of thioether (sulfide) groups is 1. The molecule has 0 unspecified atom stereocenters. The molecule has 1 amide bonds. The number of hydrazine groups is 1. The topological polar surface area (TPSA) is 87.7 Å². The molecule has 1 aliphatic heterocycles. The average molecular weight is 486 g/mol. The lowest BCUT2D eigenvalue weighted by Gasteiger charge is -2.23. The van der Waals surface area contributed by atoms with E-state index in [1.54, 1.807) is 44.1 Å². The predicted octanol–water partition coefficient (Wildman–Crippen LogP) is 3.16. The molecule has 7 nitrogen and oxygen atoms in total. The van der Waals surface area contributed by atoms with Gasteiger partial charge in [0.1, 0.15) is 11.8 Å². The van der Waals surface area contributed by atoms with Crippen LogP contribution in [0.5, 0.6) is 5.75 Å². The van der Waals surface area contributed by atoms with Crippen LogP contribution >= 0.6 is 11.8 Å². The molecule has 0 aromatic heterocycles. The lowest BCUT2D eigenvalue weighted by Crippen LogP contribution is -2.49. The molecule has 9 heteroatoms. The third kappa shape index (κ3) is 5.16. The molecule has 1 aliphatic rings. The van der Waals surface area contributed by atoms with Crippen molar-refractivity contribution in [3.8, 4) is 5.75 Å². The van der Waals surface area contributed by atoms with Crippen molar-refractivity contribution in [3.05, 3.63) is 72.3 Å². The molecule has 3 aromatic carbocycles.